The first-order valence-corrected chi connectivity index (χ1v) is 6.29. The molecule has 0 saturated carbocycles. The fourth-order valence-electron chi connectivity index (χ4n) is 1.44. The van der Waals surface area contributed by atoms with Gasteiger partial charge in [0, 0.05) is 15.8 Å². The fraction of sp³-hybridized carbons (Fsp3) is 0.667. The van der Waals surface area contributed by atoms with Gasteiger partial charge in [0.1, 0.15) is 0 Å². The minimum absolute atomic E-state index is 0.252. The molecular weight excluding hydrogens is 190 g/mol. The zero-order valence-electron chi connectivity index (χ0n) is 9.42. The second-order valence-electron chi connectivity index (χ2n) is 4.24. The first-order chi connectivity index (χ1) is 6.63. The maximum atomic E-state index is 6.12. The van der Waals surface area contributed by atoms with Crippen LogP contribution in [-0.4, -0.2) is 0 Å². The molecule has 1 aromatic heterocycles. The van der Waals surface area contributed by atoms with Crippen molar-refractivity contribution in [2.24, 2.45) is 11.7 Å². The van der Waals surface area contributed by atoms with Crippen LogP contribution in [0.2, 0.25) is 0 Å². The van der Waals surface area contributed by atoms with Crippen LogP contribution in [-0.2, 0) is 6.42 Å². The molecular formula is C12H21NS. The Hall–Kier alpha value is -0.340. The van der Waals surface area contributed by atoms with Crippen molar-refractivity contribution in [2.45, 2.75) is 46.1 Å². The quantitative estimate of drug-likeness (QED) is 0.788. The number of thiophene rings is 1. The largest absolute Gasteiger partial charge is 0.323 e. The van der Waals surface area contributed by atoms with Crippen LogP contribution >= 0.6 is 11.3 Å². The molecule has 0 aromatic carbocycles. The van der Waals surface area contributed by atoms with E-state index in [9.17, 15) is 0 Å². The summed E-state index contributed by atoms with van der Waals surface area (Å²) in [6.45, 7) is 6.69. The number of hydrogen-bond acceptors (Lipinski definition) is 2. The van der Waals surface area contributed by atoms with Crippen LogP contribution in [0.4, 0.5) is 0 Å². The van der Waals surface area contributed by atoms with Gasteiger partial charge in [0.2, 0.25) is 0 Å². The van der Waals surface area contributed by atoms with E-state index in [-0.39, 0.29) is 6.04 Å². The maximum Gasteiger partial charge on any atom is 0.0389 e. The van der Waals surface area contributed by atoms with Crippen molar-refractivity contribution in [2.75, 3.05) is 0 Å². The van der Waals surface area contributed by atoms with Crippen LogP contribution in [0.5, 0.6) is 0 Å². The van der Waals surface area contributed by atoms with E-state index in [1.807, 2.05) is 11.3 Å². The first-order valence-electron chi connectivity index (χ1n) is 5.47. The van der Waals surface area contributed by atoms with Gasteiger partial charge in [0.05, 0.1) is 0 Å². The summed E-state index contributed by atoms with van der Waals surface area (Å²) in [5, 5.41) is 0. The van der Waals surface area contributed by atoms with Crippen molar-refractivity contribution in [3.05, 3.63) is 21.9 Å². The zero-order chi connectivity index (χ0) is 10.6. The lowest BCUT2D eigenvalue weighted by Crippen LogP contribution is -2.09. The molecule has 0 fully saturated rings. The Kier molecular flexibility index (Phi) is 4.63. The number of hydrogen-bond donors (Lipinski definition) is 1. The zero-order valence-corrected chi connectivity index (χ0v) is 10.2. The Morgan fingerprint density at radius 3 is 2.50 bits per heavy atom. The highest BCUT2D eigenvalue weighted by molar-refractivity contribution is 7.12. The van der Waals surface area contributed by atoms with Crippen molar-refractivity contribution < 1.29 is 0 Å². The predicted octanol–water partition coefficient (Wildman–Crippen LogP) is 3.75. The maximum absolute atomic E-state index is 6.12. The van der Waals surface area contributed by atoms with Crippen LogP contribution in [0.3, 0.4) is 0 Å². The highest BCUT2D eigenvalue weighted by Crippen LogP contribution is 2.26. The third-order valence-corrected chi connectivity index (χ3v) is 3.81. The highest BCUT2D eigenvalue weighted by Gasteiger charge is 2.09. The van der Waals surface area contributed by atoms with Crippen LogP contribution in [0.1, 0.15) is 49.4 Å². The predicted molar refractivity (Wildman–Crippen MR) is 64.7 cm³/mol. The van der Waals surface area contributed by atoms with E-state index >= 15 is 0 Å². The van der Waals surface area contributed by atoms with Crippen molar-refractivity contribution in [1.82, 2.24) is 0 Å². The van der Waals surface area contributed by atoms with Gasteiger partial charge in [-0.25, -0.2) is 0 Å². The Labute approximate surface area is 91.3 Å². The topological polar surface area (TPSA) is 26.0 Å². The molecule has 1 atom stereocenters. The standard InChI is InChI=1S/C12H21NS/c1-4-10-6-8-12(14-10)11(13)7-5-9(2)3/h6,8-9,11H,4-5,7,13H2,1-3H3/t11-/m1/s1. The summed E-state index contributed by atoms with van der Waals surface area (Å²) < 4.78 is 0. The number of nitrogens with two attached hydrogens (primary N) is 1. The van der Waals surface area contributed by atoms with E-state index in [0.29, 0.717) is 0 Å². The lowest BCUT2D eigenvalue weighted by Gasteiger charge is -2.10. The van der Waals surface area contributed by atoms with Gasteiger partial charge >= 0.3 is 0 Å². The molecule has 0 amide bonds. The highest BCUT2D eigenvalue weighted by atomic mass is 32.1. The summed E-state index contributed by atoms with van der Waals surface area (Å²) >= 11 is 1.87. The summed E-state index contributed by atoms with van der Waals surface area (Å²) in [5.74, 6) is 0.756. The molecule has 2 heteroatoms. The average Bonchev–Trinajstić information content (AvgIpc) is 2.62. The molecule has 0 saturated heterocycles. The SMILES string of the molecule is CCc1ccc([C@H](N)CCC(C)C)s1. The summed E-state index contributed by atoms with van der Waals surface area (Å²) in [4.78, 5) is 2.79. The van der Waals surface area contributed by atoms with E-state index in [1.54, 1.807) is 0 Å². The monoisotopic (exact) mass is 211 g/mol. The lowest BCUT2D eigenvalue weighted by atomic mass is 10.0. The van der Waals surface area contributed by atoms with Gasteiger partial charge < -0.3 is 5.73 Å². The average molecular weight is 211 g/mol. The Morgan fingerprint density at radius 1 is 1.29 bits per heavy atom. The molecule has 0 bridgehead atoms. The minimum atomic E-state index is 0.252. The molecule has 1 rings (SSSR count). The van der Waals surface area contributed by atoms with Crippen molar-refractivity contribution in [3.8, 4) is 0 Å². The molecule has 1 aromatic rings. The summed E-state index contributed by atoms with van der Waals surface area (Å²) in [6.07, 6.45) is 3.46. The third-order valence-electron chi connectivity index (χ3n) is 2.45. The molecule has 2 N–H and O–H groups in total. The molecule has 0 aliphatic carbocycles. The Balaban J connectivity index is 2.47. The van der Waals surface area contributed by atoms with Crippen LogP contribution in [0.25, 0.3) is 0 Å². The van der Waals surface area contributed by atoms with Gasteiger partial charge in [0.25, 0.3) is 0 Å². The summed E-state index contributed by atoms with van der Waals surface area (Å²) in [5.41, 5.74) is 6.12. The molecule has 14 heavy (non-hydrogen) atoms. The summed E-state index contributed by atoms with van der Waals surface area (Å²) in [7, 11) is 0. The van der Waals surface area contributed by atoms with E-state index in [1.165, 1.54) is 16.2 Å². The number of rotatable bonds is 5. The molecule has 0 spiro atoms. The van der Waals surface area contributed by atoms with Crippen LogP contribution in [0, 0.1) is 5.92 Å². The fourth-order valence-corrected chi connectivity index (χ4v) is 2.43. The van der Waals surface area contributed by atoms with E-state index in [0.717, 1.165) is 18.8 Å². The van der Waals surface area contributed by atoms with Gasteiger partial charge in [0.15, 0.2) is 0 Å². The van der Waals surface area contributed by atoms with E-state index < -0.39 is 0 Å². The van der Waals surface area contributed by atoms with Gasteiger partial charge in [-0.1, -0.05) is 20.8 Å². The molecule has 0 aliphatic heterocycles. The van der Waals surface area contributed by atoms with Crippen molar-refractivity contribution >= 4 is 11.3 Å². The van der Waals surface area contributed by atoms with Gasteiger partial charge in [-0.3, -0.25) is 0 Å². The molecule has 0 radical (unpaired) electrons. The molecule has 0 unspecified atom stereocenters. The molecule has 80 valence electrons. The van der Waals surface area contributed by atoms with Crippen LogP contribution < -0.4 is 5.73 Å². The second kappa shape index (κ2) is 5.52. The van der Waals surface area contributed by atoms with Gasteiger partial charge in [-0.15, -0.1) is 11.3 Å². The Morgan fingerprint density at radius 2 is 2.00 bits per heavy atom. The smallest absolute Gasteiger partial charge is 0.0389 e. The third kappa shape index (κ3) is 3.43. The second-order valence-corrected chi connectivity index (χ2v) is 5.44. The molecule has 1 nitrogen and oxygen atoms in total. The number of aryl methyl sites for hydroxylation is 1. The minimum Gasteiger partial charge on any atom is -0.323 e. The van der Waals surface area contributed by atoms with Crippen molar-refractivity contribution in [3.63, 3.8) is 0 Å². The normalized spacial score (nSPS) is 13.5. The Bertz CT molecular complexity index is 265. The van der Waals surface area contributed by atoms with Crippen LogP contribution in [0.15, 0.2) is 12.1 Å². The van der Waals surface area contributed by atoms with Crippen molar-refractivity contribution in [1.29, 1.82) is 0 Å². The lowest BCUT2D eigenvalue weighted by molar-refractivity contribution is 0.510. The van der Waals surface area contributed by atoms with E-state index in [2.05, 4.69) is 32.9 Å². The van der Waals surface area contributed by atoms with Gasteiger partial charge in [-0.05, 0) is 37.3 Å². The summed E-state index contributed by atoms with van der Waals surface area (Å²) in [6, 6.07) is 4.65. The first kappa shape index (κ1) is 11.7. The molecule has 0 aliphatic rings. The van der Waals surface area contributed by atoms with Gasteiger partial charge in [-0.2, -0.15) is 0 Å². The van der Waals surface area contributed by atoms with E-state index in [4.69, 9.17) is 5.73 Å². The molecule has 1 heterocycles.